The molecule has 0 unspecified atom stereocenters. The lowest BCUT2D eigenvalue weighted by Gasteiger charge is -2.36. The Bertz CT molecular complexity index is 1090. The van der Waals surface area contributed by atoms with Crippen molar-refractivity contribution in [3.8, 4) is 17.2 Å². The van der Waals surface area contributed by atoms with E-state index >= 15 is 0 Å². The Morgan fingerprint density at radius 1 is 1.05 bits per heavy atom. The zero-order valence-corrected chi connectivity index (χ0v) is 22.9. The number of carboxylic acid groups (broad SMARTS) is 1. The predicted molar refractivity (Wildman–Crippen MR) is 149 cm³/mol. The monoisotopic (exact) mass is 547 g/mol. The second-order valence-electron chi connectivity index (χ2n) is 10.1. The van der Waals surface area contributed by atoms with Crippen molar-refractivity contribution in [3.63, 3.8) is 0 Å². The van der Waals surface area contributed by atoms with Gasteiger partial charge in [0.2, 0.25) is 0 Å². The zero-order chi connectivity index (χ0) is 26.3. The van der Waals surface area contributed by atoms with Gasteiger partial charge in [-0.2, -0.15) is 0 Å². The van der Waals surface area contributed by atoms with E-state index in [0.717, 1.165) is 62.8 Å². The zero-order valence-electron chi connectivity index (χ0n) is 22.1. The van der Waals surface area contributed by atoms with E-state index in [-0.39, 0.29) is 24.9 Å². The number of nitrogens with one attached hydrogen (secondary N) is 1. The summed E-state index contributed by atoms with van der Waals surface area (Å²) in [5.74, 6) is 1.24. The van der Waals surface area contributed by atoms with Crippen LogP contribution in [-0.2, 0) is 9.59 Å². The van der Waals surface area contributed by atoms with Crippen LogP contribution in [0.4, 0.5) is 11.4 Å². The fourth-order valence-electron chi connectivity index (χ4n) is 4.36. The van der Waals surface area contributed by atoms with Crippen LogP contribution in [0.2, 0.25) is 0 Å². The molecular weight excluding hydrogens is 510 g/mol. The van der Waals surface area contributed by atoms with Gasteiger partial charge < -0.3 is 29.5 Å². The number of piperazine rings is 1. The number of para-hydroxylation sites is 2. The van der Waals surface area contributed by atoms with Gasteiger partial charge in [0.15, 0.2) is 6.61 Å². The van der Waals surface area contributed by atoms with Gasteiger partial charge in [-0.25, -0.2) is 0 Å². The third-order valence-electron chi connectivity index (χ3n) is 6.86. The smallest absolute Gasteiger partial charge is 0.309 e. The average Bonchev–Trinajstić information content (AvgIpc) is 2.89. The highest BCUT2D eigenvalue weighted by Crippen LogP contribution is 2.32. The quantitative estimate of drug-likeness (QED) is 0.379. The molecule has 38 heavy (non-hydrogen) atoms. The van der Waals surface area contributed by atoms with Crippen molar-refractivity contribution in [2.75, 3.05) is 62.8 Å². The van der Waals surface area contributed by atoms with Gasteiger partial charge in [0.1, 0.15) is 17.2 Å². The van der Waals surface area contributed by atoms with Crippen LogP contribution in [0.15, 0.2) is 42.5 Å². The third-order valence-corrected chi connectivity index (χ3v) is 6.86. The number of unbranched alkanes of at least 4 members (excludes halogenated alkanes) is 1. The summed E-state index contributed by atoms with van der Waals surface area (Å²) in [5, 5.41) is 12.1. The molecule has 0 radical (unpaired) electrons. The number of carboxylic acids is 1. The average molecular weight is 548 g/mol. The van der Waals surface area contributed by atoms with Gasteiger partial charge in [0, 0.05) is 32.2 Å². The van der Waals surface area contributed by atoms with Crippen LogP contribution in [0.25, 0.3) is 0 Å². The molecule has 0 saturated carbocycles. The van der Waals surface area contributed by atoms with Gasteiger partial charge >= 0.3 is 5.97 Å². The van der Waals surface area contributed by atoms with Crippen molar-refractivity contribution in [2.45, 2.75) is 33.1 Å². The lowest BCUT2D eigenvalue weighted by atomic mass is 9.90. The van der Waals surface area contributed by atoms with E-state index in [0.29, 0.717) is 31.1 Å². The number of rotatable bonds is 12. The molecule has 2 aromatic carbocycles. The van der Waals surface area contributed by atoms with Crippen LogP contribution in [0, 0.1) is 5.41 Å². The van der Waals surface area contributed by atoms with Gasteiger partial charge in [0.05, 0.1) is 30.0 Å². The normalized spacial score (nSPS) is 15.5. The summed E-state index contributed by atoms with van der Waals surface area (Å²) in [7, 11) is 0. The Morgan fingerprint density at radius 3 is 2.58 bits per heavy atom. The highest BCUT2D eigenvalue weighted by atomic mass is 35.5. The molecule has 1 saturated heterocycles. The molecule has 0 spiro atoms. The van der Waals surface area contributed by atoms with E-state index in [1.807, 2.05) is 30.3 Å². The van der Waals surface area contributed by atoms with Crippen LogP contribution in [0.5, 0.6) is 17.2 Å². The maximum Gasteiger partial charge on any atom is 0.309 e. The van der Waals surface area contributed by atoms with Crippen LogP contribution >= 0.6 is 12.4 Å². The summed E-state index contributed by atoms with van der Waals surface area (Å²) in [6, 6.07) is 13.5. The number of nitrogens with zero attached hydrogens (tertiary/aromatic N) is 2. The number of aliphatic carboxylic acids is 1. The van der Waals surface area contributed by atoms with E-state index < -0.39 is 11.4 Å². The van der Waals surface area contributed by atoms with E-state index in [1.54, 1.807) is 19.9 Å². The molecule has 0 aromatic heterocycles. The molecule has 0 atom stereocenters. The number of carbonyl (C=O) groups is 2. The van der Waals surface area contributed by atoms with E-state index in [4.69, 9.17) is 14.2 Å². The van der Waals surface area contributed by atoms with Crippen molar-refractivity contribution in [1.82, 2.24) is 4.90 Å². The van der Waals surface area contributed by atoms with Gasteiger partial charge in [-0.1, -0.05) is 12.1 Å². The van der Waals surface area contributed by atoms with Crippen molar-refractivity contribution >= 4 is 35.7 Å². The Balaban J connectivity index is 0.00000400. The summed E-state index contributed by atoms with van der Waals surface area (Å²) in [6.45, 7) is 9.30. The topological polar surface area (TPSA) is 101 Å². The first-order chi connectivity index (χ1) is 17.8. The maximum absolute atomic E-state index is 11.5. The molecule has 2 aliphatic heterocycles. The van der Waals surface area contributed by atoms with Gasteiger partial charge in [0.25, 0.3) is 5.91 Å². The minimum Gasteiger partial charge on any atom is -0.494 e. The molecule has 10 heteroatoms. The molecule has 208 valence electrons. The largest absolute Gasteiger partial charge is 0.494 e. The standard InChI is InChI=1S/C28H37N3O6.ClH/c1-28(2,27(33)34)11-18-36-25-8-4-3-7-23(25)31-15-13-30(14-16-31)12-5-6-17-35-21-9-10-24-22(19-21)29-26(32)20-37-24;/h3-4,7-10,19H,5-6,11-18,20H2,1-2H3,(H,29,32)(H,33,34);1H. The first-order valence-corrected chi connectivity index (χ1v) is 12.9. The summed E-state index contributed by atoms with van der Waals surface area (Å²) in [5.41, 5.74) is 0.914. The summed E-state index contributed by atoms with van der Waals surface area (Å²) >= 11 is 0. The summed E-state index contributed by atoms with van der Waals surface area (Å²) < 4.78 is 17.3. The highest BCUT2D eigenvalue weighted by molar-refractivity contribution is 5.95. The predicted octanol–water partition coefficient (Wildman–Crippen LogP) is 4.30. The number of anilines is 2. The van der Waals surface area contributed by atoms with Crippen LogP contribution in [0.3, 0.4) is 0 Å². The number of hydrogen-bond acceptors (Lipinski definition) is 7. The number of fused-ring (bicyclic) bond motifs is 1. The Kier molecular flexibility index (Phi) is 10.5. The first kappa shape index (κ1) is 29.4. The second-order valence-corrected chi connectivity index (χ2v) is 10.1. The lowest BCUT2D eigenvalue weighted by Crippen LogP contribution is -2.46. The molecular formula is C28H38ClN3O6. The number of halogens is 1. The van der Waals surface area contributed by atoms with Crippen molar-refractivity contribution in [2.24, 2.45) is 5.41 Å². The molecule has 0 aliphatic carbocycles. The molecule has 4 rings (SSSR count). The minimum absolute atomic E-state index is 0. The first-order valence-electron chi connectivity index (χ1n) is 12.9. The van der Waals surface area contributed by atoms with Crippen LogP contribution in [0.1, 0.15) is 33.1 Å². The molecule has 9 nitrogen and oxygen atoms in total. The van der Waals surface area contributed by atoms with Crippen molar-refractivity contribution < 1.29 is 28.9 Å². The second kappa shape index (κ2) is 13.6. The van der Waals surface area contributed by atoms with E-state index in [9.17, 15) is 14.7 Å². The SMILES string of the molecule is CC(C)(CCOc1ccccc1N1CCN(CCCCOc2ccc3c(c2)NC(=O)CO3)CC1)C(=O)O.Cl. The van der Waals surface area contributed by atoms with E-state index in [1.165, 1.54) is 0 Å². The number of carbonyl (C=O) groups excluding carboxylic acids is 1. The number of ether oxygens (including phenoxy) is 3. The molecule has 2 aromatic rings. The molecule has 0 bridgehead atoms. The molecule has 2 N–H and O–H groups in total. The van der Waals surface area contributed by atoms with Crippen LogP contribution in [-0.4, -0.2) is 74.4 Å². The minimum atomic E-state index is -0.809. The van der Waals surface area contributed by atoms with Gasteiger partial charge in [-0.15, -0.1) is 12.4 Å². The highest BCUT2D eigenvalue weighted by Gasteiger charge is 2.27. The molecule has 1 fully saturated rings. The Hall–Kier alpha value is -3.17. The molecule has 2 aliphatic rings. The van der Waals surface area contributed by atoms with Gasteiger partial charge in [-0.05, 0) is 63.9 Å². The lowest BCUT2D eigenvalue weighted by molar-refractivity contribution is -0.147. The Labute approximate surface area is 230 Å². The van der Waals surface area contributed by atoms with Crippen molar-refractivity contribution in [3.05, 3.63) is 42.5 Å². The maximum atomic E-state index is 11.5. The fourth-order valence-corrected chi connectivity index (χ4v) is 4.36. The Morgan fingerprint density at radius 2 is 1.82 bits per heavy atom. The van der Waals surface area contributed by atoms with Crippen molar-refractivity contribution in [1.29, 1.82) is 0 Å². The summed E-state index contributed by atoms with van der Waals surface area (Å²) in [4.78, 5) is 27.7. The number of amides is 1. The molecule has 1 amide bonds. The summed E-state index contributed by atoms with van der Waals surface area (Å²) in [6.07, 6.45) is 2.44. The van der Waals surface area contributed by atoms with E-state index in [2.05, 4.69) is 21.2 Å². The fraction of sp³-hybridized carbons (Fsp3) is 0.500. The van der Waals surface area contributed by atoms with Gasteiger partial charge in [-0.3, -0.25) is 14.5 Å². The molecule has 2 heterocycles. The number of benzene rings is 2. The van der Waals surface area contributed by atoms with Crippen LogP contribution < -0.4 is 24.4 Å². The number of hydrogen-bond donors (Lipinski definition) is 2. The third kappa shape index (κ3) is 7.91.